The Labute approximate surface area is 126 Å². The highest BCUT2D eigenvalue weighted by Gasteiger charge is 2.32. The average Bonchev–Trinajstić information content (AvgIpc) is 3.02. The summed E-state index contributed by atoms with van der Waals surface area (Å²) in [6, 6.07) is 7.26. The standard InChI is InChI=1S/C17H25NOS/c1-3-6-18-16-11-20-10-14(16)9-15-8-13-7-12(2)4-5-17(13)19-15/h4-5,7,14-16,18H,3,6,8-11H2,1-2H3. The number of fused-ring (bicyclic) bond motifs is 1. The van der Waals surface area contributed by atoms with Crippen LogP contribution >= 0.6 is 11.8 Å². The van der Waals surface area contributed by atoms with Crippen molar-refractivity contribution in [1.82, 2.24) is 5.32 Å². The molecule has 1 saturated heterocycles. The van der Waals surface area contributed by atoms with Crippen LogP contribution in [-0.2, 0) is 6.42 Å². The topological polar surface area (TPSA) is 21.3 Å². The van der Waals surface area contributed by atoms with Gasteiger partial charge in [-0.2, -0.15) is 11.8 Å². The van der Waals surface area contributed by atoms with E-state index < -0.39 is 0 Å². The van der Waals surface area contributed by atoms with E-state index in [0.29, 0.717) is 12.1 Å². The largest absolute Gasteiger partial charge is 0.490 e. The normalized spacial score (nSPS) is 28.4. The zero-order valence-corrected chi connectivity index (χ0v) is 13.3. The summed E-state index contributed by atoms with van der Waals surface area (Å²) in [5.41, 5.74) is 2.74. The van der Waals surface area contributed by atoms with Gasteiger partial charge in [-0.25, -0.2) is 0 Å². The van der Waals surface area contributed by atoms with Gasteiger partial charge in [0.1, 0.15) is 11.9 Å². The Morgan fingerprint density at radius 1 is 1.35 bits per heavy atom. The smallest absolute Gasteiger partial charge is 0.123 e. The molecule has 110 valence electrons. The van der Waals surface area contributed by atoms with Gasteiger partial charge in [0.2, 0.25) is 0 Å². The molecule has 3 atom stereocenters. The fourth-order valence-electron chi connectivity index (χ4n) is 3.30. The molecule has 1 N–H and O–H groups in total. The minimum absolute atomic E-state index is 0.390. The predicted octanol–water partition coefficient (Wildman–Crippen LogP) is 3.42. The molecule has 0 saturated carbocycles. The number of rotatable bonds is 5. The number of hydrogen-bond donors (Lipinski definition) is 1. The highest BCUT2D eigenvalue weighted by molar-refractivity contribution is 7.99. The Morgan fingerprint density at radius 2 is 2.25 bits per heavy atom. The van der Waals surface area contributed by atoms with E-state index >= 15 is 0 Å². The second-order valence-electron chi connectivity index (χ2n) is 6.15. The Bertz CT molecular complexity index is 462. The molecule has 0 bridgehead atoms. The SMILES string of the molecule is CCCNC1CSCC1CC1Cc2cc(C)ccc2O1. The number of aryl methyl sites for hydroxylation is 1. The summed E-state index contributed by atoms with van der Waals surface area (Å²) in [6.07, 6.45) is 3.90. The highest BCUT2D eigenvalue weighted by atomic mass is 32.2. The molecular weight excluding hydrogens is 266 g/mol. The van der Waals surface area contributed by atoms with Gasteiger partial charge in [-0.3, -0.25) is 0 Å². The molecule has 2 nitrogen and oxygen atoms in total. The van der Waals surface area contributed by atoms with Crippen molar-refractivity contribution in [2.24, 2.45) is 5.92 Å². The Balaban J connectivity index is 1.57. The molecule has 1 fully saturated rings. The van der Waals surface area contributed by atoms with Crippen LogP contribution in [0.4, 0.5) is 0 Å². The van der Waals surface area contributed by atoms with E-state index in [2.05, 4.69) is 49.1 Å². The second-order valence-corrected chi connectivity index (χ2v) is 7.22. The molecule has 3 unspecified atom stereocenters. The van der Waals surface area contributed by atoms with E-state index in [1.54, 1.807) is 0 Å². The zero-order valence-electron chi connectivity index (χ0n) is 12.5. The Morgan fingerprint density at radius 3 is 3.10 bits per heavy atom. The number of thioether (sulfide) groups is 1. The Kier molecular flexibility index (Phi) is 4.57. The zero-order chi connectivity index (χ0) is 13.9. The third-order valence-corrected chi connectivity index (χ3v) is 5.64. The maximum absolute atomic E-state index is 6.14. The van der Waals surface area contributed by atoms with Gasteiger partial charge < -0.3 is 10.1 Å². The van der Waals surface area contributed by atoms with E-state index in [4.69, 9.17) is 4.74 Å². The van der Waals surface area contributed by atoms with Crippen LogP contribution in [0.15, 0.2) is 18.2 Å². The number of benzene rings is 1. The van der Waals surface area contributed by atoms with Crippen molar-refractivity contribution >= 4 is 11.8 Å². The third-order valence-electron chi connectivity index (χ3n) is 4.38. The summed E-state index contributed by atoms with van der Waals surface area (Å²) in [7, 11) is 0. The molecule has 2 aliphatic rings. The van der Waals surface area contributed by atoms with E-state index in [9.17, 15) is 0 Å². The maximum atomic E-state index is 6.14. The Hall–Kier alpha value is -0.670. The highest BCUT2D eigenvalue weighted by Crippen LogP contribution is 2.35. The van der Waals surface area contributed by atoms with Crippen molar-refractivity contribution in [3.8, 4) is 5.75 Å². The number of hydrogen-bond acceptors (Lipinski definition) is 3. The fraction of sp³-hybridized carbons (Fsp3) is 0.647. The molecule has 0 amide bonds. The van der Waals surface area contributed by atoms with Crippen molar-refractivity contribution < 1.29 is 4.74 Å². The minimum Gasteiger partial charge on any atom is -0.490 e. The van der Waals surface area contributed by atoms with Crippen LogP contribution in [0.1, 0.15) is 30.9 Å². The van der Waals surface area contributed by atoms with Crippen LogP contribution in [0.3, 0.4) is 0 Å². The van der Waals surface area contributed by atoms with Crippen LogP contribution in [0.5, 0.6) is 5.75 Å². The van der Waals surface area contributed by atoms with Crippen LogP contribution in [0.25, 0.3) is 0 Å². The van der Waals surface area contributed by atoms with Crippen molar-refractivity contribution in [3.05, 3.63) is 29.3 Å². The van der Waals surface area contributed by atoms with Crippen LogP contribution in [0, 0.1) is 12.8 Å². The molecule has 1 aromatic rings. The number of nitrogens with one attached hydrogen (secondary N) is 1. The first kappa shape index (κ1) is 14.3. The lowest BCUT2D eigenvalue weighted by atomic mass is 9.94. The van der Waals surface area contributed by atoms with Gasteiger partial charge in [0, 0.05) is 18.2 Å². The molecule has 3 heteroatoms. The first-order valence-corrected chi connectivity index (χ1v) is 8.99. The quantitative estimate of drug-likeness (QED) is 0.898. The van der Waals surface area contributed by atoms with Gasteiger partial charge in [0.15, 0.2) is 0 Å². The summed E-state index contributed by atoms with van der Waals surface area (Å²) in [5, 5.41) is 3.71. The molecule has 0 spiro atoms. The predicted molar refractivity (Wildman–Crippen MR) is 86.8 cm³/mol. The van der Waals surface area contributed by atoms with Gasteiger partial charge >= 0.3 is 0 Å². The van der Waals surface area contributed by atoms with E-state index in [1.165, 1.54) is 35.5 Å². The van der Waals surface area contributed by atoms with Gasteiger partial charge in [0.05, 0.1) is 0 Å². The molecule has 3 rings (SSSR count). The van der Waals surface area contributed by atoms with E-state index in [-0.39, 0.29) is 0 Å². The van der Waals surface area contributed by atoms with E-state index in [0.717, 1.165) is 24.6 Å². The summed E-state index contributed by atoms with van der Waals surface area (Å²) in [4.78, 5) is 0. The lowest BCUT2D eigenvalue weighted by Crippen LogP contribution is -2.37. The second kappa shape index (κ2) is 6.40. The first-order chi connectivity index (χ1) is 9.76. The fourth-order valence-corrected chi connectivity index (χ4v) is 4.76. The van der Waals surface area contributed by atoms with Crippen LogP contribution < -0.4 is 10.1 Å². The molecular formula is C17H25NOS. The molecule has 20 heavy (non-hydrogen) atoms. The summed E-state index contributed by atoms with van der Waals surface area (Å²) >= 11 is 2.09. The van der Waals surface area contributed by atoms with Gasteiger partial charge in [-0.15, -0.1) is 0 Å². The van der Waals surface area contributed by atoms with Gasteiger partial charge in [-0.1, -0.05) is 24.6 Å². The van der Waals surface area contributed by atoms with Crippen LogP contribution in [0.2, 0.25) is 0 Å². The molecule has 0 aliphatic carbocycles. The maximum Gasteiger partial charge on any atom is 0.123 e. The summed E-state index contributed by atoms with van der Waals surface area (Å²) < 4.78 is 6.14. The first-order valence-electron chi connectivity index (χ1n) is 7.83. The molecule has 0 radical (unpaired) electrons. The van der Waals surface area contributed by atoms with Crippen molar-refractivity contribution in [2.75, 3.05) is 18.1 Å². The summed E-state index contributed by atoms with van der Waals surface area (Å²) in [6.45, 7) is 5.54. The molecule has 2 heterocycles. The average molecular weight is 291 g/mol. The molecule has 2 aliphatic heterocycles. The van der Waals surface area contributed by atoms with Gasteiger partial charge in [0.25, 0.3) is 0 Å². The van der Waals surface area contributed by atoms with E-state index in [1.807, 2.05) is 0 Å². The van der Waals surface area contributed by atoms with Gasteiger partial charge in [-0.05, 0) is 49.6 Å². The monoisotopic (exact) mass is 291 g/mol. The minimum atomic E-state index is 0.390. The summed E-state index contributed by atoms with van der Waals surface area (Å²) in [5.74, 6) is 4.44. The van der Waals surface area contributed by atoms with Crippen molar-refractivity contribution in [3.63, 3.8) is 0 Å². The lowest BCUT2D eigenvalue weighted by Gasteiger charge is -2.22. The van der Waals surface area contributed by atoms with Crippen LogP contribution in [-0.4, -0.2) is 30.2 Å². The third kappa shape index (κ3) is 3.15. The lowest BCUT2D eigenvalue weighted by molar-refractivity contribution is 0.189. The molecule has 1 aromatic carbocycles. The number of ether oxygens (including phenoxy) is 1. The van der Waals surface area contributed by atoms with Crippen molar-refractivity contribution in [2.45, 2.75) is 45.3 Å². The molecule has 0 aromatic heterocycles. The van der Waals surface area contributed by atoms with Crippen molar-refractivity contribution in [1.29, 1.82) is 0 Å².